The fraction of sp³-hybridized carbons (Fsp3) is 0.111. The summed E-state index contributed by atoms with van der Waals surface area (Å²) in [7, 11) is 0. The molecule has 2 aromatic carbocycles. The number of carbonyl (C=O) groups excluding carboxylic acids is 1. The standard InChI is InChI=1S/C18H16FN3O/c1-2-18(23)20-11-17-21-15-9-5-6-10-16(15)22(17)12-13-7-3-4-8-14(13)19/h2-10H,1,11-12H2,(H,20,23). The molecule has 1 amide bonds. The predicted molar refractivity (Wildman–Crippen MR) is 87.3 cm³/mol. The monoisotopic (exact) mass is 309 g/mol. The van der Waals surface area contributed by atoms with Crippen molar-refractivity contribution in [3.8, 4) is 0 Å². The number of hydrogen-bond donors (Lipinski definition) is 1. The Morgan fingerprint density at radius 2 is 1.96 bits per heavy atom. The zero-order valence-corrected chi connectivity index (χ0v) is 12.5. The van der Waals surface area contributed by atoms with Crippen LogP contribution in [0, 0.1) is 5.82 Å². The van der Waals surface area contributed by atoms with E-state index in [1.165, 1.54) is 12.1 Å². The highest BCUT2D eigenvalue weighted by atomic mass is 19.1. The second-order valence-corrected chi connectivity index (χ2v) is 5.12. The molecule has 1 N–H and O–H groups in total. The molecule has 0 aliphatic heterocycles. The SMILES string of the molecule is C=CC(=O)NCc1nc2ccccc2n1Cc1ccccc1F. The van der Waals surface area contributed by atoms with E-state index in [9.17, 15) is 9.18 Å². The molecule has 0 fully saturated rings. The first-order valence-corrected chi connectivity index (χ1v) is 7.27. The first kappa shape index (κ1) is 15.0. The molecule has 1 aromatic heterocycles. The zero-order chi connectivity index (χ0) is 16.2. The van der Waals surface area contributed by atoms with E-state index in [0.29, 0.717) is 17.9 Å². The molecule has 5 heteroatoms. The molecule has 0 aliphatic carbocycles. The Labute approximate surface area is 133 Å². The van der Waals surface area contributed by atoms with Crippen LogP contribution >= 0.6 is 0 Å². The third-order valence-corrected chi connectivity index (χ3v) is 3.63. The van der Waals surface area contributed by atoms with Crippen molar-refractivity contribution in [2.45, 2.75) is 13.1 Å². The van der Waals surface area contributed by atoms with Crippen LogP contribution in [0.5, 0.6) is 0 Å². The topological polar surface area (TPSA) is 46.9 Å². The summed E-state index contributed by atoms with van der Waals surface area (Å²) in [6.07, 6.45) is 1.21. The third kappa shape index (κ3) is 3.13. The lowest BCUT2D eigenvalue weighted by Gasteiger charge is -2.10. The molecule has 0 spiro atoms. The maximum atomic E-state index is 14.0. The van der Waals surface area contributed by atoms with Crippen molar-refractivity contribution in [3.63, 3.8) is 0 Å². The van der Waals surface area contributed by atoms with Crippen molar-refractivity contribution in [2.75, 3.05) is 0 Å². The van der Waals surface area contributed by atoms with E-state index in [1.807, 2.05) is 28.8 Å². The normalized spacial score (nSPS) is 10.7. The van der Waals surface area contributed by atoms with Crippen molar-refractivity contribution < 1.29 is 9.18 Å². The molecule has 23 heavy (non-hydrogen) atoms. The number of hydrogen-bond acceptors (Lipinski definition) is 2. The largest absolute Gasteiger partial charge is 0.345 e. The molecule has 0 aliphatic rings. The van der Waals surface area contributed by atoms with E-state index in [0.717, 1.165) is 11.0 Å². The van der Waals surface area contributed by atoms with E-state index in [2.05, 4.69) is 16.9 Å². The van der Waals surface area contributed by atoms with Crippen molar-refractivity contribution in [1.29, 1.82) is 0 Å². The van der Waals surface area contributed by atoms with Crippen LogP contribution in [0.25, 0.3) is 11.0 Å². The fourth-order valence-electron chi connectivity index (χ4n) is 2.47. The summed E-state index contributed by atoms with van der Waals surface area (Å²) in [6.45, 7) is 4.04. The van der Waals surface area contributed by atoms with Gasteiger partial charge in [-0.05, 0) is 24.3 Å². The van der Waals surface area contributed by atoms with Crippen molar-refractivity contribution in [3.05, 3.63) is 78.4 Å². The lowest BCUT2D eigenvalue weighted by atomic mass is 10.2. The summed E-state index contributed by atoms with van der Waals surface area (Å²) in [5.74, 6) is 0.144. The van der Waals surface area contributed by atoms with Gasteiger partial charge in [-0.25, -0.2) is 9.37 Å². The highest BCUT2D eigenvalue weighted by Crippen LogP contribution is 2.19. The number of nitrogens with one attached hydrogen (secondary N) is 1. The minimum Gasteiger partial charge on any atom is -0.345 e. The molecule has 1 heterocycles. The van der Waals surface area contributed by atoms with Crippen molar-refractivity contribution in [2.24, 2.45) is 0 Å². The molecular weight excluding hydrogens is 293 g/mol. The Balaban J connectivity index is 2.00. The fourth-order valence-corrected chi connectivity index (χ4v) is 2.47. The summed E-state index contributed by atoms with van der Waals surface area (Å²) in [5.41, 5.74) is 2.29. The smallest absolute Gasteiger partial charge is 0.243 e. The molecule has 3 rings (SSSR count). The Bertz CT molecular complexity index is 870. The van der Waals surface area contributed by atoms with Crippen LogP contribution in [-0.2, 0) is 17.9 Å². The Kier molecular flexibility index (Phi) is 4.19. The Morgan fingerprint density at radius 3 is 2.74 bits per heavy atom. The minimum atomic E-state index is -0.269. The van der Waals surface area contributed by atoms with E-state index < -0.39 is 0 Å². The summed E-state index contributed by atoms with van der Waals surface area (Å²) in [6, 6.07) is 14.3. The number of aromatic nitrogens is 2. The molecule has 0 bridgehead atoms. The first-order valence-electron chi connectivity index (χ1n) is 7.27. The van der Waals surface area contributed by atoms with E-state index >= 15 is 0 Å². The van der Waals surface area contributed by atoms with Gasteiger partial charge in [0.25, 0.3) is 0 Å². The highest BCUT2D eigenvalue weighted by Gasteiger charge is 2.12. The number of imidazole rings is 1. The Hall–Kier alpha value is -2.95. The van der Waals surface area contributed by atoms with E-state index in [1.54, 1.807) is 18.2 Å². The van der Waals surface area contributed by atoms with Gasteiger partial charge in [0.05, 0.1) is 24.1 Å². The number of rotatable bonds is 5. The number of halogens is 1. The zero-order valence-electron chi connectivity index (χ0n) is 12.5. The first-order chi connectivity index (χ1) is 11.2. The molecule has 3 aromatic rings. The van der Waals surface area contributed by atoms with Crippen molar-refractivity contribution in [1.82, 2.24) is 14.9 Å². The number of para-hydroxylation sites is 2. The van der Waals surface area contributed by atoms with E-state index in [4.69, 9.17) is 0 Å². The lowest BCUT2D eigenvalue weighted by molar-refractivity contribution is -0.116. The average Bonchev–Trinajstić information content (AvgIpc) is 2.92. The Morgan fingerprint density at radius 1 is 1.22 bits per heavy atom. The van der Waals surface area contributed by atoms with Crippen LogP contribution in [0.15, 0.2) is 61.2 Å². The summed E-state index contributed by atoms with van der Waals surface area (Å²) < 4.78 is 15.9. The number of benzene rings is 2. The summed E-state index contributed by atoms with van der Waals surface area (Å²) in [5, 5.41) is 2.72. The lowest BCUT2D eigenvalue weighted by Crippen LogP contribution is -2.22. The molecular formula is C18H16FN3O. The van der Waals surface area contributed by atoms with Gasteiger partial charge >= 0.3 is 0 Å². The molecule has 116 valence electrons. The second-order valence-electron chi connectivity index (χ2n) is 5.12. The molecule has 0 radical (unpaired) electrons. The van der Waals surface area contributed by atoms with Gasteiger partial charge in [0.1, 0.15) is 11.6 Å². The maximum Gasteiger partial charge on any atom is 0.243 e. The van der Waals surface area contributed by atoms with Gasteiger partial charge < -0.3 is 9.88 Å². The van der Waals surface area contributed by atoms with Crippen LogP contribution in [0.4, 0.5) is 4.39 Å². The van der Waals surface area contributed by atoms with Crippen LogP contribution in [0.1, 0.15) is 11.4 Å². The predicted octanol–water partition coefficient (Wildman–Crippen LogP) is 3.03. The second kappa shape index (κ2) is 6.44. The summed E-state index contributed by atoms with van der Waals surface area (Å²) in [4.78, 5) is 15.9. The van der Waals surface area contributed by atoms with Gasteiger partial charge in [-0.3, -0.25) is 4.79 Å². The van der Waals surface area contributed by atoms with Gasteiger partial charge in [0.15, 0.2) is 0 Å². The van der Waals surface area contributed by atoms with Crippen LogP contribution in [0.2, 0.25) is 0 Å². The molecule has 4 nitrogen and oxygen atoms in total. The number of carbonyl (C=O) groups is 1. The summed E-state index contributed by atoms with van der Waals surface area (Å²) >= 11 is 0. The number of nitrogens with zero attached hydrogens (tertiary/aromatic N) is 2. The quantitative estimate of drug-likeness (QED) is 0.736. The average molecular weight is 309 g/mol. The number of amides is 1. The van der Waals surface area contributed by atoms with Crippen LogP contribution < -0.4 is 5.32 Å². The molecule has 0 atom stereocenters. The van der Waals surface area contributed by atoms with E-state index in [-0.39, 0.29) is 18.3 Å². The van der Waals surface area contributed by atoms with Gasteiger partial charge in [-0.1, -0.05) is 36.9 Å². The number of fused-ring (bicyclic) bond motifs is 1. The maximum absolute atomic E-state index is 14.0. The minimum absolute atomic E-state index is 0.258. The van der Waals surface area contributed by atoms with Gasteiger partial charge in [0.2, 0.25) is 5.91 Å². The van der Waals surface area contributed by atoms with Gasteiger partial charge in [0, 0.05) is 5.56 Å². The highest BCUT2D eigenvalue weighted by molar-refractivity contribution is 5.86. The van der Waals surface area contributed by atoms with Crippen molar-refractivity contribution >= 4 is 16.9 Å². The molecule has 0 saturated heterocycles. The molecule has 0 unspecified atom stereocenters. The van der Waals surface area contributed by atoms with Gasteiger partial charge in [-0.2, -0.15) is 0 Å². The van der Waals surface area contributed by atoms with Gasteiger partial charge in [-0.15, -0.1) is 0 Å². The third-order valence-electron chi connectivity index (χ3n) is 3.63. The van der Waals surface area contributed by atoms with Crippen LogP contribution in [-0.4, -0.2) is 15.5 Å². The molecule has 0 saturated carbocycles. The van der Waals surface area contributed by atoms with Crippen LogP contribution in [0.3, 0.4) is 0 Å².